The summed E-state index contributed by atoms with van der Waals surface area (Å²) in [5, 5.41) is 0. The average molecular weight is 424 g/mol. The summed E-state index contributed by atoms with van der Waals surface area (Å²) in [6.07, 6.45) is 6.77. The van der Waals surface area contributed by atoms with E-state index in [0.717, 1.165) is 50.5 Å². The van der Waals surface area contributed by atoms with Gasteiger partial charge in [-0.3, -0.25) is 4.79 Å². The number of aryl methyl sites for hydroxylation is 2. The maximum atomic E-state index is 12.8. The molecule has 6 nitrogen and oxygen atoms in total. The molecule has 6 heteroatoms. The highest BCUT2D eigenvalue weighted by Gasteiger charge is 2.52. The molecule has 2 fully saturated rings. The molecule has 0 unspecified atom stereocenters. The molecule has 1 amide bonds. The Bertz CT molecular complexity index is 988. The van der Waals surface area contributed by atoms with Crippen molar-refractivity contribution in [2.24, 2.45) is 11.3 Å². The number of rotatable bonds is 2. The summed E-state index contributed by atoms with van der Waals surface area (Å²) < 4.78 is 15.0. The highest BCUT2D eigenvalue weighted by atomic mass is 16.5. The molecule has 3 aliphatic heterocycles. The Labute approximate surface area is 184 Å². The van der Waals surface area contributed by atoms with E-state index in [1.807, 2.05) is 22.6 Å². The number of likely N-dealkylation sites (tertiary alicyclic amines) is 1. The number of hydrogen-bond acceptors (Lipinski definition) is 4. The zero-order valence-corrected chi connectivity index (χ0v) is 19.1. The first-order valence-corrected chi connectivity index (χ1v) is 11.4. The molecule has 1 spiro atoms. The van der Waals surface area contributed by atoms with Crippen LogP contribution in [0.25, 0.3) is 0 Å². The van der Waals surface area contributed by atoms with Crippen LogP contribution in [0.2, 0.25) is 0 Å². The highest BCUT2D eigenvalue weighted by molar-refractivity contribution is 5.76. The Morgan fingerprint density at radius 2 is 2.00 bits per heavy atom. The Morgan fingerprint density at radius 1 is 1.23 bits per heavy atom. The molecule has 0 N–H and O–H groups in total. The lowest BCUT2D eigenvalue weighted by atomic mass is 9.64. The van der Waals surface area contributed by atoms with E-state index in [9.17, 15) is 4.79 Å². The summed E-state index contributed by atoms with van der Waals surface area (Å²) in [5.41, 5.74) is 2.26. The van der Waals surface area contributed by atoms with Crippen molar-refractivity contribution in [3.8, 4) is 5.75 Å². The van der Waals surface area contributed by atoms with E-state index >= 15 is 0 Å². The number of nitrogens with zero attached hydrogens (tertiary/aromatic N) is 3. The first kappa shape index (κ1) is 20.6. The summed E-state index contributed by atoms with van der Waals surface area (Å²) in [4.78, 5) is 19.0. The van der Waals surface area contributed by atoms with Gasteiger partial charge in [0.2, 0.25) is 5.91 Å². The largest absolute Gasteiger partial charge is 0.487 e. The van der Waals surface area contributed by atoms with Crippen LogP contribution in [-0.2, 0) is 16.1 Å². The van der Waals surface area contributed by atoms with Crippen LogP contribution in [0.1, 0.15) is 56.2 Å². The number of amides is 1. The van der Waals surface area contributed by atoms with E-state index in [0.29, 0.717) is 12.5 Å². The van der Waals surface area contributed by atoms with E-state index in [-0.39, 0.29) is 23.0 Å². The van der Waals surface area contributed by atoms with Gasteiger partial charge in [-0.05, 0) is 64.0 Å². The molecule has 2 saturated heterocycles. The lowest BCUT2D eigenvalue weighted by Crippen LogP contribution is -2.54. The molecule has 5 rings (SSSR count). The maximum Gasteiger partial charge on any atom is 0.242 e. The monoisotopic (exact) mass is 423 g/mol. The summed E-state index contributed by atoms with van der Waals surface area (Å²) >= 11 is 0. The Hall–Kier alpha value is -2.34. The molecule has 0 radical (unpaired) electrons. The van der Waals surface area contributed by atoms with Crippen LogP contribution in [-0.4, -0.2) is 45.7 Å². The molecule has 2 atom stereocenters. The zero-order valence-electron chi connectivity index (χ0n) is 19.1. The molecule has 166 valence electrons. The number of benzene rings is 1. The normalized spacial score (nSPS) is 26.1. The number of carbonyl (C=O) groups excluding carboxylic acids is 1. The van der Waals surface area contributed by atoms with E-state index in [1.165, 1.54) is 11.1 Å². The average Bonchev–Trinajstić information content (AvgIpc) is 3.13. The molecule has 1 aromatic heterocycles. The number of carbonyl (C=O) groups is 1. The number of hydrogen-bond donors (Lipinski definition) is 0. The summed E-state index contributed by atoms with van der Waals surface area (Å²) in [6.45, 7) is 11.2. The van der Waals surface area contributed by atoms with Crippen molar-refractivity contribution in [1.82, 2.24) is 14.5 Å². The molecule has 4 heterocycles. The smallest absolute Gasteiger partial charge is 0.242 e. The van der Waals surface area contributed by atoms with Gasteiger partial charge in [-0.25, -0.2) is 4.98 Å². The third-order valence-corrected chi connectivity index (χ3v) is 7.74. The molecule has 31 heavy (non-hydrogen) atoms. The number of piperidine rings is 1. The van der Waals surface area contributed by atoms with Crippen LogP contribution in [0.15, 0.2) is 30.6 Å². The standard InChI is InChI=1S/C25H33N3O3/c1-17-5-6-19-21(13-17)31-24(3,4)20-14-25(16-30-23(19)20)7-10-27(11-8-25)22(29)15-28-12-9-26-18(28)2/h5-6,9,12-13,20,23H,7-8,10-11,14-16H2,1-4H3/t20-,23+/m0/s1. The molecule has 0 saturated carbocycles. The van der Waals surface area contributed by atoms with Gasteiger partial charge in [0.05, 0.1) is 12.7 Å². The Kier molecular flexibility index (Phi) is 4.88. The van der Waals surface area contributed by atoms with E-state index in [1.54, 1.807) is 6.20 Å². The lowest BCUT2D eigenvalue weighted by molar-refractivity contribution is -0.176. The van der Waals surface area contributed by atoms with Crippen LogP contribution in [0.5, 0.6) is 5.75 Å². The minimum absolute atomic E-state index is 0.0915. The molecular formula is C25H33N3O3. The third kappa shape index (κ3) is 3.65. The second kappa shape index (κ2) is 7.37. The molecule has 3 aliphatic rings. The van der Waals surface area contributed by atoms with Crippen molar-refractivity contribution in [2.75, 3.05) is 19.7 Å². The van der Waals surface area contributed by atoms with Crippen LogP contribution >= 0.6 is 0 Å². The van der Waals surface area contributed by atoms with Crippen molar-refractivity contribution in [3.63, 3.8) is 0 Å². The molecule has 0 aliphatic carbocycles. The van der Waals surface area contributed by atoms with Crippen molar-refractivity contribution >= 4 is 5.91 Å². The molecule has 0 bridgehead atoms. The fraction of sp³-hybridized carbons (Fsp3) is 0.600. The maximum absolute atomic E-state index is 12.8. The van der Waals surface area contributed by atoms with E-state index in [4.69, 9.17) is 9.47 Å². The van der Waals surface area contributed by atoms with Gasteiger partial charge in [0.1, 0.15) is 23.7 Å². The van der Waals surface area contributed by atoms with Gasteiger partial charge in [0.25, 0.3) is 0 Å². The molecule has 1 aromatic carbocycles. The first-order valence-electron chi connectivity index (χ1n) is 11.4. The second-order valence-electron chi connectivity index (χ2n) is 10.3. The molecular weight excluding hydrogens is 390 g/mol. The van der Waals surface area contributed by atoms with Gasteiger partial charge in [-0.2, -0.15) is 0 Å². The van der Waals surface area contributed by atoms with Gasteiger partial charge in [0, 0.05) is 37.0 Å². The van der Waals surface area contributed by atoms with E-state index < -0.39 is 0 Å². The SMILES string of the molecule is Cc1ccc2c(c1)OC(C)(C)[C@H]1CC3(CCN(C(=O)Cn4ccnc4C)CC3)CO[C@H]21. The number of fused-ring (bicyclic) bond motifs is 3. The number of aromatic nitrogens is 2. The van der Waals surface area contributed by atoms with Gasteiger partial charge in [-0.1, -0.05) is 12.1 Å². The van der Waals surface area contributed by atoms with Gasteiger partial charge in [0.15, 0.2) is 0 Å². The van der Waals surface area contributed by atoms with Crippen LogP contribution in [0.3, 0.4) is 0 Å². The van der Waals surface area contributed by atoms with Crippen LogP contribution in [0.4, 0.5) is 0 Å². The Morgan fingerprint density at radius 3 is 2.71 bits per heavy atom. The van der Waals surface area contributed by atoms with Crippen LogP contribution in [0, 0.1) is 25.2 Å². The van der Waals surface area contributed by atoms with Crippen molar-refractivity contribution in [2.45, 2.75) is 65.2 Å². The third-order valence-electron chi connectivity index (χ3n) is 7.74. The molecule has 2 aromatic rings. The lowest BCUT2D eigenvalue weighted by Gasteiger charge is -2.54. The second-order valence-corrected chi connectivity index (χ2v) is 10.3. The first-order chi connectivity index (χ1) is 14.8. The van der Waals surface area contributed by atoms with Gasteiger partial charge < -0.3 is 18.9 Å². The topological polar surface area (TPSA) is 56.6 Å². The van der Waals surface area contributed by atoms with Crippen LogP contribution < -0.4 is 4.74 Å². The zero-order chi connectivity index (χ0) is 21.8. The van der Waals surface area contributed by atoms with Crippen molar-refractivity contribution in [1.29, 1.82) is 0 Å². The fourth-order valence-electron chi connectivity index (χ4n) is 5.65. The van der Waals surface area contributed by atoms with E-state index in [2.05, 4.69) is 44.0 Å². The summed E-state index contributed by atoms with van der Waals surface area (Å²) in [5.74, 6) is 2.34. The van der Waals surface area contributed by atoms with Gasteiger partial charge >= 0.3 is 0 Å². The van der Waals surface area contributed by atoms with Crippen molar-refractivity contribution in [3.05, 3.63) is 47.5 Å². The summed E-state index contributed by atoms with van der Waals surface area (Å²) in [7, 11) is 0. The Balaban J connectivity index is 1.28. The minimum Gasteiger partial charge on any atom is -0.487 e. The predicted octanol–water partition coefficient (Wildman–Crippen LogP) is 4.06. The number of imidazole rings is 1. The summed E-state index contributed by atoms with van der Waals surface area (Å²) in [6, 6.07) is 6.46. The van der Waals surface area contributed by atoms with Gasteiger partial charge in [-0.15, -0.1) is 0 Å². The highest BCUT2D eigenvalue weighted by Crippen LogP contribution is 2.55. The number of ether oxygens (including phenoxy) is 2. The quantitative estimate of drug-likeness (QED) is 0.731. The fourth-order valence-corrected chi connectivity index (χ4v) is 5.65. The predicted molar refractivity (Wildman–Crippen MR) is 118 cm³/mol. The minimum atomic E-state index is -0.273. The van der Waals surface area contributed by atoms with Crippen molar-refractivity contribution < 1.29 is 14.3 Å².